The highest BCUT2D eigenvalue weighted by molar-refractivity contribution is 8.01. The molecule has 9 nitrogen and oxygen atoms in total. The molecule has 0 aliphatic rings. The summed E-state index contributed by atoms with van der Waals surface area (Å²) in [5.41, 5.74) is 0.300. The summed E-state index contributed by atoms with van der Waals surface area (Å²) in [6.07, 6.45) is 1.67. The molecular formula is C18H22N6O3S3. The van der Waals surface area contributed by atoms with Crippen LogP contribution in [0.4, 0.5) is 5.13 Å². The average molecular weight is 467 g/mol. The third-order valence-electron chi connectivity index (χ3n) is 4.34. The Morgan fingerprint density at radius 3 is 2.60 bits per heavy atom. The first kappa shape index (κ1) is 22.5. The fourth-order valence-electron chi connectivity index (χ4n) is 2.82. The first-order valence-electron chi connectivity index (χ1n) is 9.22. The Balaban J connectivity index is 1.94. The summed E-state index contributed by atoms with van der Waals surface area (Å²) < 4.78 is 3.21. The van der Waals surface area contributed by atoms with Crippen molar-refractivity contribution in [3.63, 3.8) is 0 Å². The van der Waals surface area contributed by atoms with E-state index in [1.165, 1.54) is 34.7 Å². The Hall–Kier alpha value is -2.18. The van der Waals surface area contributed by atoms with Gasteiger partial charge >= 0.3 is 5.69 Å². The van der Waals surface area contributed by atoms with Crippen molar-refractivity contribution < 1.29 is 4.79 Å². The number of nitrogens with zero attached hydrogens (tertiary/aromatic N) is 5. The van der Waals surface area contributed by atoms with Gasteiger partial charge in [-0.25, -0.2) is 9.78 Å². The molecule has 0 aliphatic carbocycles. The second kappa shape index (κ2) is 9.31. The monoisotopic (exact) mass is 466 g/mol. The number of aryl methyl sites for hydroxylation is 1. The molecule has 1 N–H and O–H groups in total. The Kier molecular flexibility index (Phi) is 6.98. The maximum atomic E-state index is 12.9. The molecule has 0 saturated carbocycles. The summed E-state index contributed by atoms with van der Waals surface area (Å²) in [4.78, 5) is 42.6. The van der Waals surface area contributed by atoms with Crippen molar-refractivity contribution >= 4 is 56.9 Å². The number of aromatic nitrogens is 5. The third-order valence-corrected chi connectivity index (χ3v) is 7.33. The van der Waals surface area contributed by atoms with Gasteiger partial charge in [-0.1, -0.05) is 43.9 Å². The second-order valence-corrected chi connectivity index (χ2v) is 10.2. The number of carbonyl (C=O) groups excluding carboxylic acids is 1. The molecule has 0 fully saturated rings. The number of pyridine rings is 1. The Morgan fingerprint density at radius 1 is 1.20 bits per heavy atom. The zero-order chi connectivity index (χ0) is 22.0. The molecule has 3 aromatic rings. The lowest BCUT2D eigenvalue weighted by molar-refractivity contribution is -0.113. The standard InChI is InChI=1S/C18H22N6O3S3/c1-6-28-17-22-21-16(30-17)20-11(25)8-29-13-10(9(2)3)7-19-14-12(13)15(26)24(5)18(27)23(14)4/h7,9H,6,8H2,1-5H3,(H,20,21,25). The van der Waals surface area contributed by atoms with E-state index < -0.39 is 11.2 Å². The summed E-state index contributed by atoms with van der Waals surface area (Å²) in [5.74, 6) is 0.806. The van der Waals surface area contributed by atoms with Crippen molar-refractivity contribution in [2.24, 2.45) is 14.1 Å². The lowest BCUT2D eigenvalue weighted by atomic mass is 10.0. The van der Waals surface area contributed by atoms with E-state index in [1.54, 1.807) is 25.0 Å². The maximum Gasteiger partial charge on any atom is 0.332 e. The SMILES string of the molecule is CCSc1nnc(NC(=O)CSc2c(C(C)C)cnc3c2c(=O)n(C)c(=O)n3C)s1. The van der Waals surface area contributed by atoms with Crippen LogP contribution in [0.3, 0.4) is 0 Å². The minimum atomic E-state index is -0.442. The highest BCUT2D eigenvalue weighted by atomic mass is 32.2. The van der Waals surface area contributed by atoms with E-state index >= 15 is 0 Å². The number of fused-ring (bicyclic) bond motifs is 1. The Bertz CT molecular complexity index is 1210. The fourth-order valence-corrected chi connectivity index (χ4v) is 5.61. The second-order valence-electron chi connectivity index (χ2n) is 6.74. The molecule has 0 aliphatic heterocycles. The normalized spacial score (nSPS) is 11.4. The van der Waals surface area contributed by atoms with Gasteiger partial charge in [-0.2, -0.15) is 0 Å². The van der Waals surface area contributed by atoms with Gasteiger partial charge in [-0.15, -0.1) is 22.0 Å². The Morgan fingerprint density at radius 2 is 1.93 bits per heavy atom. The molecule has 3 rings (SSSR count). The van der Waals surface area contributed by atoms with Crippen molar-refractivity contribution in [3.05, 3.63) is 32.6 Å². The van der Waals surface area contributed by atoms with Crippen LogP contribution in [0.2, 0.25) is 0 Å². The van der Waals surface area contributed by atoms with Gasteiger partial charge in [-0.3, -0.25) is 24.0 Å². The van der Waals surface area contributed by atoms with Gasteiger partial charge < -0.3 is 0 Å². The summed E-state index contributed by atoms with van der Waals surface area (Å²) >= 11 is 4.14. The lowest BCUT2D eigenvalue weighted by Crippen LogP contribution is -2.37. The van der Waals surface area contributed by atoms with E-state index in [4.69, 9.17) is 0 Å². The number of hydrogen-bond donors (Lipinski definition) is 1. The summed E-state index contributed by atoms with van der Waals surface area (Å²) in [7, 11) is 3.02. The molecule has 0 atom stereocenters. The van der Waals surface area contributed by atoms with Gasteiger partial charge in [0.05, 0.1) is 11.1 Å². The van der Waals surface area contributed by atoms with Crippen molar-refractivity contribution in [1.29, 1.82) is 0 Å². The summed E-state index contributed by atoms with van der Waals surface area (Å²) in [6.45, 7) is 6.01. The summed E-state index contributed by atoms with van der Waals surface area (Å²) in [6, 6.07) is 0. The zero-order valence-electron chi connectivity index (χ0n) is 17.3. The number of thioether (sulfide) groups is 2. The molecule has 0 unspecified atom stereocenters. The van der Waals surface area contributed by atoms with Gasteiger partial charge in [0.25, 0.3) is 5.56 Å². The molecule has 3 aromatic heterocycles. The molecule has 0 saturated heterocycles. The van der Waals surface area contributed by atoms with Crippen molar-refractivity contribution in [1.82, 2.24) is 24.3 Å². The van der Waals surface area contributed by atoms with Crippen LogP contribution in [-0.2, 0) is 18.9 Å². The van der Waals surface area contributed by atoms with Gasteiger partial charge in [0.1, 0.15) is 5.65 Å². The number of rotatable bonds is 7. The van der Waals surface area contributed by atoms with Crippen LogP contribution >= 0.6 is 34.9 Å². The first-order chi connectivity index (χ1) is 14.2. The van der Waals surface area contributed by atoms with Crippen molar-refractivity contribution in [3.8, 4) is 0 Å². The molecule has 12 heteroatoms. The zero-order valence-corrected chi connectivity index (χ0v) is 19.7. The smallest absolute Gasteiger partial charge is 0.300 e. The van der Waals surface area contributed by atoms with Crippen molar-refractivity contribution in [2.75, 3.05) is 16.8 Å². The van der Waals surface area contributed by atoms with Gasteiger partial charge in [0.15, 0.2) is 4.34 Å². The summed E-state index contributed by atoms with van der Waals surface area (Å²) in [5, 5.41) is 11.5. The van der Waals surface area contributed by atoms with Gasteiger partial charge in [-0.05, 0) is 17.2 Å². The first-order valence-corrected chi connectivity index (χ1v) is 12.0. The van der Waals surface area contributed by atoms with Crippen LogP contribution in [-0.4, -0.2) is 41.7 Å². The van der Waals surface area contributed by atoms with Gasteiger partial charge in [0.2, 0.25) is 11.0 Å². The van der Waals surface area contributed by atoms with Crippen LogP contribution in [0.1, 0.15) is 32.3 Å². The van der Waals surface area contributed by atoms with Crippen LogP contribution in [0.15, 0.2) is 25.0 Å². The largest absolute Gasteiger partial charge is 0.332 e. The van der Waals surface area contributed by atoms with E-state index in [0.717, 1.165) is 20.2 Å². The number of hydrogen-bond acceptors (Lipinski definition) is 9. The van der Waals surface area contributed by atoms with Crippen LogP contribution in [0.5, 0.6) is 0 Å². The fraction of sp³-hybridized carbons (Fsp3) is 0.444. The van der Waals surface area contributed by atoms with E-state index in [1.807, 2.05) is 20.8 Å². The molecule has 1 amide bonds. The molecule has 0 bridgehead atoms. The quantitative estimate of drug-likeness (QED) is 0.417. The molecule has 30 heavy (non-hydrogen) atoms. The average Bonchev–Trinajstić information content (AvgIpc) is 3.15. The molecule has 0 aromatic carbocycles. The maximum absolute atomic E-state index is 12.9. The molecule has 0 radical (unpaired) electrons. The van der Waals surface area contributed by atoms with Crippen LogP contribution in [0, 0.1) is 0 Å². The Labute approximate surface area is 185 Å². The lowest BCUT2D eigenvalue weighted by Gasteiger charge is -2.16. The molecule has 160 valence electrons. The van der Waals surface area contributed by atoms with E-state index in [2.05, 4.69) is 20.5 Å². The highest BCUT2D eigenvalue weighted by Crippen LogP contribution is 2.32. The van der Waals surface area contributed by atoms with Crippen molar-refractivity contribution in [2.45, 2.75) is 35.9 Å². The number of amides is 1. The number of carbonyl (C=O) groups is 1. The highest BCUT2D eigenvalue weighted by Gasteiger charge is 2.20. The predicted octanol–water partition coefficient (Wildman–Crippen LogP) is 2.45. The molecule has 0 spiro atoms. The minimum absolute atomic E-state index is 0.0840. The van der Waals surface area contributed by atoms with E-state index in [9.17, 15) is 14.4 Å². The minimum Gasteiger partial charge on any atom is -0.300 e. The third kappa shape index (κ3) is 4.44. The molecular weight excluding hydrogens is 444 g/mol. The topological polar surface area (TPSA) is 112 Å². The van der Waals surface area contributed by atoms with Crippen LogP contribution < -0.4 is 16.6 Å². The number of nitrogens with one attached hydrogen (secondary N) is 1. The van der Waals surface area contributed by atoms with E-state index in [0.29, 0.717) is 21.1 Å². The molecule has 3 heterocycles. The van der Waals surface area contributed by atoms with E-state index in [-0.39, 0.29) is 17.6 Å². The number of anilines is 1. The van der Waals surface area contributed by atoms with Gasteiger partial charge in [0, 0.05) is 25.2 Å². The van der Waals surface area contributed by atoms with Crippen LogP contribution in [0.25, 0.3) is 11.0 Å². The predicted molar refractivity (Wildman–Crippen MR) is 122 cm³/mol.